The zero-order chi connectivity index (χ0) is 19.8. The number of nitrogens with zero attached hydrogens (tertiary/aromatic N) is 1. The van der Waals surface area contributed by atoms with Crippen molar-refractivity contribution < 1.29 is 27.5 Å². The van der Waals surface area contributed by atoms with Gasteiger partial charge in [0.1, 0.15) is 6.54 Å². The predicted molar refractivity (Wildman–Crippen MR) is 94.1 cm³/mol. The first kappa shape index (κ1) is 19.0. The molecule has 0 atom stereocenters. The maximum atomic E-state index is 12.9. The van der Waals surface area contributed by atoms with Gasteiger partial charge >= 0.3 is 12.1 Å². The van der Waals surface area contributed by atoms with E-state index in [0.29, 0.717) is 11.4 Å². The second kappa shape index (κ2) is 7.11. The zero-order valence-electron chi connectivity index (χ0n) is 14.1. The average Bonchev–Trinajstić information content (AvgIpc) is 2.55. The number of hydrogen-bond donors (Lipinski definition) is 1. The number of hydrogen-bond acceptors (Lipinski definition) is 4. The van der Waals surface area contributed by atoms with E-state index in [4.69, 9.17) is 16.3 Å². The number of nitrogens with one attached hydrogen (secondary N) is 1. The van der Waals surface area contributed by atoms with E-state index < -0.39 is 28.6 Å². The largest absolute Gasteiger partial charge is 0.423 e. The lowest BCUT2D eigenvalue weighted by Gasteiger charge is -2.29. The molecule has 1 heterocycles. The normalized spacial score (nSPS) is 13.8. The monoisotopic (exact) mass is 398 g/mol. The van der Waals surface area contributed by atoms with Crippen LogP contribution in [-0.4, -0.2) is 25.0 Å². The summed E-state index contributed by atoms with van der Waals surface area (Å²) < 4.78 is 43.9. The van der Waals surface area contributed by atoms with Gasteiger partial charge in [-0.3, -0.25) is 4.79 Å². The van der Waals surface area contributed by atoms with Gasteiger partial charge in [-0.15, -0.1) is 0 Å². The van der Waals surface area contributed by atoms with Crippen LogP contribution in [0.15, 0.2) is 36.4 Å². The van der Waals surface area contributed by atoms with Gasteiger partial charge in [-0.05, 0) is 42.8 Å². The molecule has 2 aromatic rings. The van der Waals surface area contributed by atoms with E-state index in [9.17, 15) is 22.8 Å². The van der Waals surface area contributed by atoms with Crippen LogP contribution in [0.2, 0.25) is 5.02 Å². The van der Waals surface area contributed by atoms with Gasteiger partial charge in [-0.1, -0.05) is 17.7 Å². The Labute approximate surface area is 157 Å². The van der Waals surface area contributed by atoms with Crippen molar-refractivity contribution in [2.75, 3.05) is 23.3 Å². The Bertz CT molecular complexity index is 915. The molecule has 0 aromatic heterocycles. The van der Waals surface area contributed by atoms with Crippen molar-refractivity contribution in [3.63, 3.8) is 0 Å². The molecule has 0 fully saturated rings. The van der Waals surface area contributed by atoms with Crippen molar-refractivity contribution in [3.05, 3.63) is 52.5 Å². The van der Waals surface area contributed by atoms with Crippen molar-refractivity contribution in [1.29, 1.82) is 0 Å². The Morgan fingerprint density at radius 3 is 2.70 bits per heavy atom. The minimum absolute atomic E-state index is 0.0413. The van der Waals surface area contributed by atoms with Crippen molar-refractivity contribution in [1.82, 2.24) is 0 Å². The summed E-state index contributed by atoms with van der Waals surface area (Å²) in [6.07, 6.45) is -4.63. The van der Waals surface area contributed by atoms with E-state index in [0.717, 1.165) is 17.7 Å². The number of anilines is 2. The van der Waals surface area contributed by atoms with E-state index >= 15 is 0 Å². The molecule has 0 saturated carbocycles. The van der Waals surface area contributed by atoms with Crippen LogP contribution in [0.25, 0.3) is 0 Å². The minimum Gasteiger partial charge on any atom is -0.423 e. The summed E-state index contributed by atoms with van der Waals surface area (Å²) in [4.78, 5) is 25.5. The summed E-state index contributed by atoms with van der Waals surface area (Å²) in [5.74, 6) is -0.761. The third kappa shape index (κ3) is 4.33. The molecule has 1 aliphatic rings. The lowest BCUT2D eigenvalue weighted by molar-refractivity contribution is -0.137. The van der Waals surface area contributed by atoms with E-state index in [2.05, 4.69) is 5.32 Å². The van der Waals surface area contributed by atoms with Crippen LogP contribution in [-0.2, 0) is 15.8 Å². The third-order valence-electron chi connectivity index (χ3n) is 3.89. The van der Waals surface area contributed by atoms with Crippen molar-refractivity contribution in [2.24, 2.45) is 0 Å². The number of amides is 1. The number of carbonyl (C=O) groups excluding carboxylic acids is 2. The predicted octanol–water partition coefficient (Wildman–Crippen LogP) is 4.03. The first-order valence-corrected chi connectivity index (χ1v) is 8.24. The number of benzene rings is 2. The Hall–Kier alpha value is -2.74. The highest BCUT2D eigenvalue weighted by Crippen LogP contribution is 2.36. The number of esters is 1. The van der Waals surface area contributed by atoms with E-state index in [1.807, 2.05) is 6.92 Å². The molecule has 0 radical (unpaired) electrons. The maximum Gasteiger partial charge on any atom is 0.417 e. The average molecular weight is 399 g/mol. The van der Waals surface area contributed by atoms with Crippen LogP contribution >= 0.6 is 11.6 Å². The van der Waals surface area contributed by atoms with Crippen molar-refractivity contribution in [2.45, 2.75) is 13.1 Å². The summed E-state index contributed by atoms with van der Waals surface area (Å²) in [5, 5.41) is 1.94. The number of fused-ring (bicyclic) bond motifs is 1. The van der Waals surface area contributed by atoms with Crippen LogP contribution in [0.3, 0.4) is 0 Å². The van der Waals surface area contributed by atoms with Gasteiger partial charge < -0.3 is 15.0 Å². The van der Waals surface area contributed by atoms with Crippen molar-refractivity contribution >= 4 is 34.9 Å². The molecule has 142 valence electrons. The maximum absolute atomic E-state index is 12.9. The Balaban J connectivity index is 1.77. The molecule has 1 aliphatic heterocycles. The number of rotatable bonds is 3. The highest BCUT2D eigenvalue weighted by Gasteiger charge is 2.33. The number of aryl methyl sites for hydroxylation is 1. The van der Waals surface area contributed by atoms with Crippen LogP contribution < -0.4 is 15.0 Å². The second-order valence-electron chi connectivity index (χ2n) is 6.04. The molecule has 1 amide bonds. The smallest absolute Gasteiger partial charge is 0.417 e. The van der Waals surface area contributed by atoms with Gasteiger partial charge in [0, 0.05) is 5.69 Å². The van der Waals surface area contributed by atoms with Crippen LogP contribution in [0.1, 0.15) is 11.1 Å². The summed E-state index contributed by atoms with van der Waals surface area (Å²) in [5.41, 5.74) is 0.362. The zero-order valence-corrected chi connectivity index (χ0v) is 14.8. The van der Waals surface area contributed by atoms with E-state index in [-0.39, 0.29) is 18.8 Å². The Morgan fingerprint density at radius 2 is 2.00 bits per heavy atom. The van der Waals surface area contributed by atoms with Crippen LogP contribution in [0.5, 0.6) is 5.75 Å². The van der Waals surface area contributed by atoms with Gasteiger partial charge in [-0.25, -0.2) is 4.79 Å². The summed E-state index contributed by atoms with van der Waals surface area (Å²) in [6, 6.07) is 8.30. The molecule has 0 aliphatic carbocycles. The topological polar surface area (TPSA) is 58.6 Å². The molecule has 2 aromatic carbocycles. The molecule has 9 heteroatoms. The molecule has 0 bridgehead atoms. The van der Waals surface area contributed by atoms with Gasteiger partial charge in [0.25, 0.3) is 0 Å². The summed E-state index contributed by atoms with van der Waals surface area (Å²) in [6.45, 7) is 1.46. The fourth-order valence-corrected chi connectivity index (χ4v) is 2.92. The molecule has 1 N–H and O–H groups in total. The number of alkyl halides is 3. The molecule has 0 unspecified atom stereocenters. The molecule has 3 rings (SSSR count). The Kier molecular flexibility index (Phi) is 5.01. The van der Waals surface area contributed by atoms with E-state index in [1.165, 1.54) is 11.0 Å². The first-order chi connectivity index (χ1) is 12.6. The minimum atomic E-state index is -4.63. The van der Waals surface area contributed by atoms with Crippen LogP contribution in [0, 0.1) is 6.92 Å². The highest BCUT2D eigenvalue weighted by atomic mass is 35.5. The fourth-order valence-electron chi connectivity index (χ4n) is 2.70. The first-order valence-electron chi connectivity index (χ1n) is 7.86. The van der Waals surface area contributed by atoms with Crippen molar-refractivity contribution in [3.8, 4) is 5.75 Å². The standard InChI is InChI=1S/C18H14ClF3N2O3/c1-10-2-5-14-15(6-10)27-17(26)9-24(14)8-16(25)23-11-3-4-13(19)12(7-11)18(20,21)22/h2-7H,8-9H2,1H3,(H,23,25). The second-order valence-corrected chi connectivity index (χ2v) is 6.45. The molecule has 0 saturated heterocycles. The quantitative estimate of drug-likeness (QED) is 0.626. The van der Waals surface area contributed by atoms with Gasteiger partial charge in [0.05, 0.1) is 22.8 Å². The summed E-state index contributed by atoms with van der Waals surface area (Å²) in [7, 11) is 0. The molecule has 0 spiro atoms. The Morgan fingerprint density at radius 1 is 1.26 bits per heavy atom. The lowest BCUT2D eigenvalue weighted by atomic mass is 10.1. The molecular formula is C18H14ClF3N2O3. The van der Waals surface area contributed by atoms with Gasteiger partial charge in [0.15, 0.2) is 5.75 Å². The summed E-state index contributed by atoms with van der Waals surface area (Å²) >= 11 is 5.57. The third-order valence-corrected chi connectivity index (χ3v) is 4.22. The molecule has 5 nitrogen and oxygen atoms in total. The molecular weight excluding hydrogens is 385 g/mol. The molecule has 27 heavy (non-hydrogen) atoms. The van der Waals surface area contributed by atoms with Gasteiger partial charge in [-0.2, -0.15) is 13.2 Å². The number of carbonyl (C=O) groups is 2. The fraction of sp³-hybridized carbons (Fsp3) is 0.222. The number of ether oxygens (including phenoxy) is 1. The lowest BCUT2D eigenvalue weighted by Crippen LogP contribution is -2.41. The SMILES string of the molecule is Cc1ccc2c(c1)OC(=O)CN2CC(=O)Nc1ccc(Cl)c(C(F)(F)F)c1. The van der Waals surface area contributed by atoms with Gasteiger partial charge in [0.2, 0.25) is 5.91 Å². The van der Waals surface area contributed by atoms with E-state index in [1.54, 1.807) is 18.2 Å². The van der Waals surface area contributed by atoms with Crippen LogP contribution in [0.4, 0.5) is 24.5 Å². The highest BCUT2D eigenvalue weighted by molar-refractivity contribution is 6.31. The number of halogens is 4.